The van der Waals surface area contributed by atoms with E-state index >= 15 is 0 Å². The van der Waals surface area contributed by atoms with Gasteiger partial charge < -0.3 is 0 Å². The van der Waals surface area contributed by atoms with E-state index in [1.165, 1.54) is 29.6 Å². The van der Waals surface area contributed by atoms with Crippen LogP contribution in [0.5, 0.6) is 0 Å². The lowest BCUT2D eigenvalue weighted by Crippen LogP contribution is -2.25. The Hall–Kier alpha value is -3.28. The van der Waals surface area contributed by atoms with E-state index in [1.54, 1.807) is 6.08 Å². The molecule has 0 spiro atoms. The van der Waals surface area contributed by atoms with Gasteiger partial charge in [0.2, 0.25) is 0 Å². The highest BCUT2D eigenvalue weighted by atomic mass is 19.1. The molecule has 1 N–H and O–H groups in total. The number of aromatic nitrogens is 2. The van der Waals surface area contributed by atoms with Gasteiger partial charge in [-0.05, 0) is 55.9 Å². The maximum Gasteiger partial charge on any atom is 0.259 e. The summed E-state index contributed by atoms with van der Waals surface area (Å²) in [5, 5.41) is 4.73. The van der Waals surface area contributed by atoms with Crippen LogP contribution in [0.1, 0.15) is 66.2 Å². The molecule has 166 valence electrons. The molecule has 0 fully saturated rings. The summed E-state index contributed by atoms with van der Waals surface area (Å²) in [6.45, 7) is 1.96. The monoisotopic (exact) mass is 433 g/mol. The summed E-state index contributed by atoms with van der Waals surface area (Å²) in [4.78, 5) is 13.2. The molecule has 0 amide bonds. The zero-order chi connectivity index (χ0) is 22.5. The fourth-order valence-electron chi connectivity index (χ4n) is 4.62. The van der Waals surface area contributed by atoms with E-state index in [2.05, 4.69) is 5.43 Å². The van der Waals surface area contributed by atoms with Crippen molar-refractivity contribution >= 4 is 6.08 Å². The molecule has 5 nitrogen and oxygen atoms in total. The maximum absolute atomic E-state index is 13.3. The largest absolute Gasteiger partial charge is 0.271 e. The predicted molar refractivity (Wildman–Crippen MR) is 124 cm³/mol. The number of halogens is 1. The van der Waals surface area contributed by atoms with Crippen LogP contribution in [-0.2, 0) is 19.9 Å². The molecule has 0 bridgehead atoms. The molecule has 0 aliphatic heterocycles. The van der Waals surface area contributed by atoms with Gasteiger partial charge in [-0.1, -0.05) is 48.9 Å². The first-order valence-corrected chi connectivity index (χ1v) is 11.3. The molecule has 4 rings (SSSR count). The number of hydrogen-bond acceptors (Lipinski definition) is 2. The van der Waals surface area contributed by atoms with Crippen molar-refractivity contribution in [3.8, 4) is 0 Å². The second kappa shape index (κ2) is 9.90. The van der Waals surface area contributed by atoms with Crippen LogP contribution in [0.4, 0.5) is 4.39 Å². The molecule has 2 aromatic carbocycles. The summed E-state index contributed by atoms with van der Waals surface area (Å²) in [5.74, 6) is 0.123. The molecule has 1 aromatic heterocycles. The third-order valence-electron chi connectivity index (χ3n) is 6.22. The number of nitrogens with one attached hydrogen (secondary N) is 1. The Balaban J connectivity index is 1.51. The third kappa shape index (κ3) is 5.13. The van der Waals surface area contributed by atoms with E-state index in [-0.39, 0.29) is 11.9 Å². The lowest BCUT2D eigenvalue weighted by molar-refractivity contribution is -0.549. The standard InChI is InChI=1S/C26H30FN4O/c1-19(21-8-4-3-5-9-21)28-31(32)17-16-25-24-11-7-6-10-22(26(24)30(2)29-25)18-20-12-14-23(27)15-13-20/h3-5,8-9,12-17,19,22H,6-7,10-11,18H2,1-2H3,(H,28,32)/q+1/b17-16+/t19-,22?/m0/s1. The van der Waals surface area contributed by atoms with Crippen molar-refractivity contribution in [3.63, 3.8) is 0 Å². The number of fused-ring (bicyclic) bond motifs is 1. The van der Waals surface area contributed by atoms with Crippen molar-refractivity contribution in [3.05, 3.63) is 99.6 Å². The summed E-state index contributed by atoms with van der Waals surface area (Å²) in [5.41, 5.74) is 8.42. The van der Waals surface area contributed by atoms with Crippen LogP contribution in [0.2, 0.25) is 0 Å². The van der Waals surface area contributed by atoms with E-state index in [4.69, 9.17) is 5.10 Å². The third-order valence-corrected chi connectivity index (χ3v) is 6.22. The Morgan fingerprint density at radius 2 is 1.94 bits per heavy atom. The lowest BCUT2D eigenvalue weighted by Gasteiger charge is -2.17. The van der Waals surface area contributed by atoms with Gasteiger partial charge in [-0.25, -0.2) is 4.39 Å². The van der Waals surface area contributed by atoms with Crippen LogP contribution in [0.3, 0.4) is 0 Å². The molecule has 6 heteroatoms. The van der Waals surface area contributed by atoms with Crippen LogP contribution in [-0.4, -0.2) is 14.6 Å². The van der Waals surface area contributed by atoms with Crippen LogP contribution < -0.4 is 5.43 Å². The first-order valence-electron chi connectivity index (χ1n) is 11.3. The normalized spacial score (nSPS) is 17.0. The average molecular weight is 434 g/mol. The predicted octanol–water partition coefficient (Wildman–Crippen LogP) is 5.63. The van der Waals surface area contributed by atoms with E-state index in [1.807, 2.05) is 61.1 Å². The van der Waals surface area contributed by atoms with Gasteiger partial charge in [0.1, 0.15) is 16.7 Å². The average Bonchev–Trinajstić information content (AvgIpc) is 2.96. The highest BCUT2D eigenvalue weighted by molar-refractivity contribution is 5.51. The Labute approximate surface area is 188 Å². The molecular weight excluding hydrogens is 403 g/mol. The van der Waals surface area contributed by atoms with Gasteiger partial charge in [0, 0.05) is 30.3 Å². The number of benzene rings is 2. The smallest absolute Gasteiger partial charge is 0.259 e. The van der Waals surface area contributed by atoms with Crippen LogP contribution in [0, 0.1) is 10.7 Å². The van der Waals surface area contributed by atoms with Gasteiger partial charge in [0.05, 0.1) is 10.6 Å². The Morgan fingerprint density at radius 3 is 2.69 bits per heavy atom. The van der Waals surface area contributed by atoms with Gasteiger partial charge in [-0.2, -0.15) is 5.10 Å². The van der Waals surface area contributed by atoms with E-state index in [0.29, 0.717) is 5.92 Å². The van der Waals surface area contributed by atoms with Crippen LogP contribution in [0.15, 0.2) is 60.8 Å². The highest BCUT2D eigenvalue weighted by Gasteiger charge is 2.26. The van der Waals surface area contributed by atoms with Gasteiger partial charge in [-0.15, -0.1) is 5.43 Å². The van der Waals surface area contributed by atoms with Crippen molar-refractivity contribution in [1.82, 2.24) is 15.2 Å². The quantitative estimate of drug-likeness (QED) is 0.299. The molecule has 2 atom stereocenters. The van der Waals surface area contributed by atoms with Crippen molar-refractivity contribution in [1.29, 1.82) is 0 Å². The summed E-state index contributed by atoms with van der Waals surface area (Å²) in [7, 11) is 1.98. The Bertz CT molecular complexity index is 1090. The van der Waals surface area contributed by atoms with E-state index < -0.39 is 0 Å². The number of aryl methyl sites for hydroxylation is 1. The van der Waals surface area contributed by atoms with Crippen LogP contribution >= 0.6 is 0 Å². The number of rotatable bonds is 7. The van der Waals surface area contributed by atoms with Gasteiger partial charge in [-0.3, -0.25) is 4.68 Å². The fourth-order valence-corrected chi connectivity index (χ4v) is 4.62. The summed E-state index contributed by atoms with van der Waals surface area (Å²) >= 11 is 0. The maximum atomic E-state index is 13.3. The molecule has 1 unspecified atom stereocenters. The highest BCUT2D eigenvalue weighted by Crippen LogP contribution is 2.35. The molecule has 0 saturated carbocycles. The van der Waals surface area contributed by atoms with Crippen molar-refractivity contribution < 1.29 is 9.26 Å². The van der Waals surface area contributed by atoms with Crippen molar-refractivity contribution in [2.45, 2.75) is 51.0 Å². The number of hydrogen-bond donors (Lipinski definition) is 1. The summed E-state index contributed by atoms with van der Waals surface area (Å²) in [6.07, 6.45) is 8.45. The SMILES string of the molecule is C[C@H](N[N+](=O)/C=C/c1nn(C)c2c1CCCCC2Cc1ccc(F)cc1)c1ccccc1. The zero-order valence-corrected chi connectivity index (χ0v) is 18.7. The molecule has 1 aliphatic carbocycles. The second-order valence-electron chi connectivity index (χ2n) is 8.55. The zero-order valence-electron chi connectivity index (χ0n) is 18.7. The molecular formula is C26H30FN4O+. The fraction of sp³-hybridized carbons (Fsp3) is 0.346. The molecule has 1 aliphatic rings. The van der Waals surface area contributed by atoms with Gasteiger partial charge in [0.15, 0.2) is 0 Å². The second-order valence-corrected chi connectivity index (χ2v) is 8.55. The first-order chi connectivity index (χ1) is 15.5. The number of nitroso groups, excluding NO2 is 1. The van der Waals surface area contributed by atoms with E-state index in [9.17, 15) is 9.30 Å². The molecule has 0 radical (unpaired) electrons. The first kappa shape index (κ1) is 21.9. The number of hydrazine groups is 1. The Morgan fingerprint density at radius 1 is 1.19 bits per heavy atom. The van der Waals surface area contributed by atoms with E-state index in [0.717, 1.165) is 53.8 Å². The lowest BCUT2D eigenvalue weighted by atomic mass is 9.91. The molecule has 0 saturated heterocycles. The summed E-state index contributed by atoms with van der Waals surface area (Å²) in [6, 6.07) is 16.6. The minimum Gasteiger partial charge on any atom is -0.271 e. The molecule has 32 heavy (non-hydrogen) atoms. The van der Waals surface area contributed by atoms with Gasteiger partial charge in [0.25, 0.3) is 6.20 Å². The van der Waals surface area contributed by atoms with Crippen LogP contribution in [0.25, 0.3) is 6.08 Å². The van der Waals surface area contributed by atoms with Gasteiger partial charge >= 0.3 is 0 Å². The Kier molecular flexibility index (Phi) is 6.78. The molecule has 3 aromatic rings. The molecule has 1 heterocycles. The number of nitrogens with zero attached hydrogens (tertiary/aromatic N) is 3. The topological polar surface area (TPSA) is 49.9 Å². The minimum absolute atomic E-state index is 0.0979. The summed E-state index contributed by atoms with van der Waals surface area (Å²) < 4.78 is 15.3. The minimum atomic E-state index is -0.208. The van der Waals surface area contributed by atoms with Crippen molar-refractivity contribution in [2.75, 3.05) is 0 Å². The van der Waals surface area contributed by atoms with Crippen molar-refractivity contribution in [2.24, 2.45) is 7.05 Å².